The molecule has 5 heteroatoms. The number of hydrogen-bond donors (Lipinski definition) is 1. The van der Waals surface area contributed by atoms with Crippen LogP contribution in [-0.2, 0) is 0 Å². The van der Waals surface area contributed by atoms with Crippen LogP contribution in [0.4, 0.5) is 11.8 Å². The van der Waals surface area contributed by atoms with E-state index in [1.54, 1.807) is 6.20 Å². The average Bonchev–Trinajstić information content (AvgIpc) is 2.77. The topological polar surface area (TPSA) is 44.3 Å². The Morgan fingerprint density at radius 2 is 2.00 bits per heavy atom. The molecule has 2 rings (SSSR count). The molecule has 0 unspecified atom stereocenters. The zero-order chi connectivity index (χ0) is 13.1. The van der Waals surface area contributed by atoms with Gasteiger partial charge < -0.3 is 15.1 Å². The van der Waals surface area contributed by atoms with Crippen molar-refractivity contribution < 1.29 is 0 Å². The first kappa shape index (κ1) is 12.7. The third-order valence-corrected chi connectivity index (χ3v) is 2.77. The minimum atomic E-state index is 0.335. The SMILES string of the molecule is CC(C)Nc1nccc(N2C=CN(C(C)C)C2)n1. The predicted molar refractivity (Wildman–Crippen MR) is 74.3 cm³/mol. The summed E-state index contributed by atoms with van der Waals surface area (Å²) in [5, 5.41) is 3.22. The maximum atomic E-state index is 4.51. The van der Waals surface area contributed by atoms with Gasteiger partial charge in [-0.2, -0.15) is 4.98 Å². The Hall–Kier alpha value is -1.78. The van der Waals surface area contributed by atoms with Crippen molar-refractivity contribution in [2.24, 2.45) is 0 Å². The molecule has 98 valence electrons. The van der Waals surface area contributed by atoms with Crippen LogP contribution in [0.1, 0.15) is 27.7 Å². The van der Waals surface area contributed by atoms with Crippen molar-refractivity contribution >= 4 is 11.8 Å². The van der Waals surface area contributed by atoms with Crippen LogP contribution in [-0.4, -0.2) is 33.6 Å². The molecule has 1 aromatic heterocycles. The van der Waals surface area contributed by atoms with Crippen molar-refractivity contribution in [2.75, 3.05) is 16.9 Å². The average molecular weight is 247 g/mol. The summed E-state index contributed by atoms with van der Waals surface area (Å²) in [6, 6.07) is 2.77. The van der Waals surface area contributed by atoms with Gasteiger partial charge in [0.05, 0.1) is 6.67 Å². The molecule has 0 spiro atoms. The van der Waals surface area contributed by atoms with Crippen LogP contribution in [0, 0.1) is 0 Å². The molecule has 1 N–H and O–H groups in total. The second-order valence-corrected chi connectivity index (χ2v) is 5.05. The molecular weight excluding hydrogens is 226 g/mol. The lowest BCUT2D eigenvalue weighted by Crippen LogP contribution is -2.30. The van der Waals surface area contributed by atoms with E-state index in [2.05, 4.69) is 65.2 Å². The number of anilines is 2. The predicted octanol–water partition coefficient (Wildman–Crippen LogP) is 2.26. The van der Waals surface area contributed by atoms with Crippen LogP contribution in [0.25, 0.3) is 0 Å². The van der Waals surface area contributed by atoms with Crippen molar-refractivity contribution in [3.8, 4) is 0 Å². The molecule has 18 heavy (non-hydrogen) atoms. The lowest BCUT2D eigenvalue weighted by molar-refractivity contribution is 0.336. The summed E-state index contributed by atoms with van der Waals surface area (Å²) in [6.45, 7) is 9.35. The van der Waals surface area contributed by atoms with E-state index in [4.69, 9.17) is 0 Å². The van der Waals surface area contributed by atoms with Crippen molar-refractivity contribution in [3.05, 3.63) is 24.7 Å². The second kappa shape index (κ2) is 5.25. The Morgan fingerprint density at radius 1 is 1.22 bits per heavy atom. The highest BCUT2D eigenvalue weighted by Crippen LogP contribution is 2.19. The molecule has 0 fully saturated rings. The minimum Gasteiger partial charge on any atom is -0.356 e. The van der Waals surface area contributed by atoms with E-state index in [0.717, 1.165) is 12.5 Å². The van der Waals surface area contributed by atoms with E-state index in [9.17, 15) is 0 Å². The van der Waals surface area contributed by atoms with E-state index in [1.165, 1.54) is 0 Å². The van der Waals surface area contributed by atoms with Crippen molar-refractivity contribution in [2.45, 2.75) is 39.8 Å². The molecule has 2 heterocycles. The highest BCUT2D eigenvalue weighted by molar-refractivity contribution is 5.46. The summed E-state index contributed by atoms with van der Waals surface area (Å²) in [5.41, 5.74) is 0. The van der Waals surface area contributed by atoms with E-state index in [0.29, 0.717) is 18.0 Å². The van der Waals surface area contributed by atoms with Gasteiger partial charge in [-0.05, 0) is 33.8 Å². The Morgan fingerprint density at radius 3 is 2.61 bits per heavy atom. The third kappa shape index (κ3) is 2.91. The van der Waals surface area contributed by atoms with Gasteiger partial charge >= 0.3 is 0 Å². The van der Waals surface area contributed by atoms with Crippen molar-refractivity contribution in [1.82, 2.24) is 14.9 Å². The van der Waals surface area contributed by atoms with Gasteiger partial charge in [-0.1, -0.05) is 0 Å². The zero-order valence-electron chi connectivity index (χ0n) is 11.5. The van der Waals surface area contributed by atoms with E-state index in [-0.39, 0.29) is 0 Å². The van der Waals surface area contributed by atoms with Gasteiger partial charge in [0.15, 0.2) is 0 Å². The summed E-state index contributed by atoms with van der Waals surface area (Å²) in [5.74, 6) is 1.60. The number of hydrogen-bond acceptors (Lipinski definition) is 5. The van der Waals surface area contributed by atoms with Crippen LogP contribution in [0.2, 0.25) is 0 Å². The van der Waals surface area contributed by atoms with Crippen LogP contribution in [0.15, 0.2) is 24.7 Å². The fourth-order valence-electron chi connectivity index (χ4n) is 1.76. The Balaban J connectivity index is 2.08. The molecule has 0 saturated heterocycles. The van der Waals surface area contributed by atoms with Gasteiger partial charge in [0.2, 0.25) is 5.95 Å². The van der Waals surface area contributed by atoms with Crippen molar-refractivity contribution in [3.63, 3.8) is 0 Å². The van der Waals surface area contributed by atoms with E-state index in [1.807, 2.05) is 6.07 Å². The second-order valence-electron chi connectivity index (χ2n) is 5.05. The molecule has 1 aromatic rings. The summed E-state index contributed by atoms with van der Waals surface area (Å²) in [4.78, 5) is 13.1. The van der Waals surface area contributed by atoms with Gasteiger partial charge in [0, 0.05) is 30.7 Å². The highest BCUT2D eigenvalue weighted by Gasteiger charge is 2.17. The van der Waals surface area contributed by atoms with Crippen LogP contribution in [0.5, 0.6) is 0 Å². The fourth-order valence-corrected chi connectivity index (χ4v) is 1.76. The quantitative estimate of drug-likeness (QED) is 0.884. The molecule has 0 atom stereocenters. The first-order valence-corrected chi connectivity index (χ1v) is 6.36. The van der Waals surface area contributed by atoms with Gasteiger partial charge in [-0.25, -0.2) is 4.98 Å². The maximum Gasteiger partial charge on any atom is 0.224 e. The van der Waals surface area contributed by atoms with Gasteiger partial charge in [-0.3, -0.25) is 0 Å². The molecule has 5 nitrogen and oxygen atoms in total. The summed E-state index contributed by atoms with van der Waals surface area (Å²) < 4.78 is 0. The first-order chi connectivity index (χ1) is 8.56. The van der Waals surface area contributed by atoms with Crippen LogP contribution < -0.4 is 10.2 Å². The summed E-state index contributed by atoms with van der Waals surface area (Å²) >= 11 is 0. The maximum absolute atomic E-state index is 4.51. The number of rotatable bonds is 4. The van der Waals surface area contributed by atoms with Gasteiger partial charge in [0.1, 0.15) is 5.82 Å². The highest BCUT2D eigenvalue weighted by atomic mass is 15.4. The number of aromatic nitrogens is 2. The largest absolute Gasteiger partial charge is 0.356 e. The van der Waals surface area contributed by atoms with Crippen LogP contribution in [0.3, 0.4) is 0 Å². The smallest absolute Gasteiger partial charge is 0.224 e. The lowest BCUT2D eigenvalue weighted by Gasteiger charge is -2.24. The molecule has 0 amide bonds. The van der Waals surface area contributed by atoms with E-state index >= 15 is 0 Å². The molecule has 1 aliphatic rings. The molecular formula is C13H21N5. The number of nitrogens with zero attached hydrogens (tertiary/aromatic N) is 4. The molecule has 1 aliphatic heterocycles. The summed E-state index contributed by atoms with van der Waals surface area (Å²) in [7, 11) is 0. The number of nitrogens with one attached hydrogen (secondary N) is 1. The molecule has 0 aliphatic carbocycles. The van der Waals surface area contributed by atoms with Gasteiger partial charge in [0.25, 0.3) is 0 Å². The third-order valence-electron chi connectivity index (χ3n) is 2.77. The molecule has 0 aromatic carbocycles. The standard InChI is InChI=1S/C13H21N5/c1-10(2)15-13-14-6-5-12(16-13)18-8-7-17(9-18)11(3)4/h5-8,10-11H,9H2,1-4H3,(H,14,15,16). The van der Waals surface area contributed by atoms with Crippen LogP contribution >= 0.6 is 0 Å². The first-order valence-electron chi connectivity index (χ1n) is 6.36. The molecule has 0 saturated carbocycles. The molecule has 0 radical (unpaired) electrons. The van der Waals surface area contributed by atoms with Gasteiger partial charge in [-0.15, -0.1) is 0 Å². The Kier molecular flexibility index (Phi) is 3.69. The summed E-state index contributed by atoms with van der Waals surface area (Å²) in [6.07, 6.45) is 5.95. The normalized spacial score (nSPS) is 15.0. The van der Waals surface area contributed by atoms with Crippen molar-refractivity contribution in [1.29, 1.82) is 0 Å². The Bertz CT molecular complexity index is 427. The zero-order valence-corrected chi connectivity index (χ0v) is 11.5. The van der Waals surface area contributed by atoms with E-state index < -0.39 is 0 Å². The fraction of sp³-hybridized carbons (Fsp3) is 0.538. The Labute approximate surface area is 109 Å². The minimum absolute atomic E-state index is 0.335. The monoisotopic (exact) mass is 247 g/mol. The molecule has 0 bridgehead atoms. The lowest BCUT2D eigenvalue weighted by atomic mass is 10.4.